The van der Waals surface area contributed by atoms with E-state index in [1.807, 2.05) is 30.3 Å². The summed E-state index contributed by atoms with van der Waals surface area (Å²) in [5, 5.41) is 0.932. The van der Waals surface area contributed by atoms with Crippen LogP contribution in [0.5, 0.6) is 5.75 Å². The Balaban J connectivity index is 1.16. The second-order valence-electron chi connectivity index (χ2n) is 10.1. The molecule has 0 radical (unpaired) electrons. The van der Waals surface area contributed by atoms with Gasteiger partial charge < -0.3 is 9.47 Å². The molecule has 4 aromatic rings. The number of hydrogen-bond donors (Lipinski definition) is 0. The number of rotatable bonds is 17. The molecule has 1 aromatic heterocycles. The van der Waals surface area contributed by atoms with E-state index >= 15 is 0 Å². The molecule has 212 valence electrons. The fraction of sp³-hybridized carbons (Fsp3) is 0.353. The molecule has 0 aliphatic rings. The van der Waals surface area contributed by atoms with E-state index in [1.165, 1.54) is 48.1 Å². The van der Waals surface area contributed by atoms with Gasteiger partial charge in [-0.05, 0) is 55.2 Å². The molecule has 6 heteroatoms. The first kappa shape index (κ1) is 29.6. The third kappa shape index (κ3) is 8.33. The maximum atomic E-state index is 13.4. The predicted octanol–water partition coefficient (Wildman–Crippen LogP) is 8.63. The number of unbranched alkanes of at least 4 members (excludes halogenated alkanes) is 8. The third-order valence-corrected chi connectivity index (χ3v) is 8.83. The van der Waals surface area contributed by atoms with Crippen LogP contribution in [0.2, 0.25) is 0 Å². The van der Waals surface area contributed by atoms with Gasteiger partial charge in [0, 0.05) is 23.8 Å². The van der Waals surface area contributed by atoms with Gasteiger partial charge in [0.15, 0.2) is 0 Å². The van der Waals surface area contributed by atoms with Crippen LogP contribution in [-0.2, 0) is 21.4 Å². The maximum Gasteiger partial charge on any atom is 0.268 e. The number of fused-ring (bicyclic) bond motifs is 1. The van der Waals surface area contributed by atoms with Gasteiger partial charge in [0.1, 0.15) is 5.75 Å². The van der Waals surface area contributed by atoms with Crippen molar-refractivity contribution in [2.75, 3.05) is 13.7 Å². The summed E-state index contributed by atoms with van der Waals surface area (Å²) < 4.78 is 39.1. The summed E-state index contributed by atoms with van der Waals surface area (Å²) in [5.74, 6) is 0.625. The second kappa shape index (κ2) is 15.4. The summed E-state index contributed by atoms with van der Waals surface area (Å²) >= 11 is 0. The molecule has 0 unspecified atom stereocenters. The van der Waals surface area contributed by atoms with Crippen molar-refractivity contribution in [1.29, 1.82) is 0 Å². The highest BCUT2D eigenvalue weighted by Crippen LogP contribution is 2.28. The SMILES string of the molecule is COc1ccc(S(=O)(=O)n2cc(C=CCCCCCCCCCCOCc3ccccc3)c3ccccc32)cc1. The Hall–Kier alpha value is -3.35. The van der Waals surface area contributed by atoms with Gasteiger partial charge in [-0.15, -0.1) is 0 Å². The van der Waals surface area contributed by atoms with Gasteiger partial charge in [0.25, 0.3) is 10.0 Å². The van der Waals surface area contributed by atoms with Gasteiger partial charge in [0.05, 0.1) is 24.1 Å². The van der Waals surface area contributed by atoms with E-state index in [4.69, 9.17) is 9.47 Å². The Labute approximate surface area is 239 Å². The molecular weight excluding hydrogens is 518 g/mol. The highest BCUT2D eigenvalue weighted by molar-refractivity contribution is 7.90. The fourth-order valence-corrected chi connectivity index (χ4v) is 6.25. The summed E-state index contributed by atoms with van der Waals surface area (Å²) in [6, 6.07) is 24.5. The quantitative estimate of drug-likeness (QED) is 0.122. The number of para-hydroxylation sites is 1. The Morgan fingerprint density at radius 1 is 0.750 bits per heavy atom. The standard InChI is InChI=1S/C34H41NO4S/c1-38-31-22-24-32(25-23-31)40(36,37)35-27-30(33-20-14-15-21-34(33)35)19-13-8-6-4-2-3-5-7-9-16-26-39-28-29-17-11-10-12-18-29/h10-15,17-25,27H,2-9,16,26,28H2,1H3. The van der Waals surface area contributed by atoms with Gasteiger partial charge in [0.2, 0.25) is 0 Å². The molecule has 0 spiro atoms. The minimum atomic E-state index is -3.72. The first-order valence-corrected chi connectivity index (χ1v) is 15.8. The minimum Gasteiger partial charge on any atom is -0.497 e. The average Bonchev–Trinajstić information content (AvgIpc) is 3.37. The van der Waals surface area contributed by atoms with Crippen LogP contribution in [0.3, 0.4) is 0 Å². The summed E-state index contributed by atoms with van der Waals surface area (Å²) in [5.41, 5.74) is 2.84. The van der Waals surface area contributed by atoms with Crippen LogP contribution >= 0.6 is 0 Å². The first-order valence-electron chi connectivity index (χ1n) is 14.4. The number of aromatic nitrogens is 1. The normalized spacial score (nSPS) is 11.9. The lowest BCUT2D eigenvalue weighted by atomic mass is 10.1. The van der Waals surface area contributed by atoms with Crippen molar-refractivity contribution >= 4 is 27.0 Å². The average molecular weight is 560 g/mol. The molecular formula is C34H41NO4S. The molecule has 4 rings (SSSR count). The number of benzene rings is 3. The molecule has 0 saturated carbocycles. The van der Waals surface area contributed by atoms with E-state index in [0.717, 1.165) is 36.8 Å². The second-order valence-corrected chi connectivity index (χ2v) is 12.0. The molecule has 0 amide bonds. The van der Waals surface area contributed by atoms with E-state index in [9.17, 15) is 8.42 Å². The molecule has 1 heterocycles. The van der Waals surface area contributed by atoms with E-state index in [1.54, 1.807) is 37.6 Å². The summed E-state index contributed by atoms with van der Waals surface area (Å²) in [7, 11) is -2.15. The fourth-order valence-electron chi connectivity index (χ4n) is 4.87. The zero-order chi connectivity index (χ0) is 28.0. The van der Waals surface area contributed by atoms with Crippen LogP contribution in [0.25, 0.3) is 17.0 Å². The molecule has 3 aromatic carbocycles. The highest BCUT2D eigenvalue weighted by atomic mass is 32.2. The van der Waals surface area contributed by atoms with Gasteiger partial charge in [-0.25, -0.2) is 12.4 Å². The van der Waals surface area contributed by atoms with Gasteiger partial charge in [-0.1, -0.05) is 99.2 Å². The van der Waals surface area contributed by atoms with E-state index in [-0.39, 0.29) is 4.90 Å². The largest absolute Gasteiger partial charge is 0.497 e. The zero-order valence-electron chi connectivity index (χ0n) is 23.5. The van der Waals surface area contributed by atoms with Crippen molar-refractivity contribution in [3.05, 3.63) is 102 Å². The number of allylic oxidation sites excluding steroid dienone is 1. The van der Waals surface area contributed by atoms with Crippen molar-refractivity contribution < 1.29 is 17.9 Å². The number of nitrogens with zero attached hydrogens (tertiary/aromatic N) is 1. The smallest absolute Gasteiger partial charge is 0.268 e. The van der Waals surface area contributed by atoms with Crippen LogP contribution in [0.1, 0.15) is 68.9 Å². The third-order valence-electron chi connectivity index (χ3n) is 7.14. The lowest BCUT2D eigenvalue weighted by Crippen LogP contribution is -2.11. The first-order chi connectivity index (χ1) is 19.6. The van der Waals surface area contributed by atoms with Crippen LogP contribution in [-0.4, -0.2) is 26.1 Å². The minimum absolute atomic E-state index is 0.237. The molecule has 40 heavy (non-hydrogen) atoms. The Morgan fingerprint density at radius 2 is 1.40 bits per heavy atom. The monoisotopic (exact) mass is 559 g/mol. The molecule has 0 fully saturated rings. The topological polar surface area (TPSA) is 57.5 Å². The highest BCUT2D eigenvalue weighted by Gasteiger charge is 2.20. The number of ether oxygens (including phenoxy) is 2. The van der Waals surface area contributed by atoms with E-state index in [2.05, 4.69) is 36.4 Å². The van der Waals surface area contributed by atoms with E-state index in [0.29, 0.717) is 17.9 Å². The molecule has 0 bridgehead atoms. The maximum absolute atomic E-state index is 13.4. The van der Waals surface area contributed by atoms with Crippen molar-refractivity contribution in [2.24, 2.45) is 0 Å². The summed E-state index contributed by atoms with van der Waals surface area (Å²) in [6.45, 7) is 1.55. The Kier molecular flexibility index (Phi) is 11.4. The number of hydrogen-bond acceptors (Lipinski definition) is 4. The van der Waals surface area contributed by atoms with Crippen LogP contribution < -0.4 is 4.74 Å². The van der Waals surface area contributed by atoms with Gasteiger partial charge in [-0.2, -0.15) is 0 Å². The van der Waals surface area contributed by atoms with Crippen LogP contribution in [0, 0.1) is 0 Å². The molecule has 0 aliphatic carbocycles. The van der Waals surface area contributed by atoms with Gasteiger partial charge >= 0.3 is 0 Å². The molecule has 0 atom stereocenters. The van der Waals surface area contributed by atoms with Crippen molar-refractivity contribution in [2.45, 2.75) is 69.3 Å². The van der Waals surface area contributed by atoms with E-state index < -0.39 is 10.0 Å². The van der Waals surface area contributed by atoms with Gasteiger partial charge in [-0.3, -0.25) is 0 Å². The van der Waals surface area contributed by atoms with Crippen LogP contribution in [0.15, 0.2) is 96.0 Å². The molecule has 0 aliphatic heterocycles. The molecule has 0 saturated heterocycles. The summed E-state index contributed by atoms with van der Waals surface area (Å²) in [6.07, 6.45) is 16.8. The molecule has 0 N–H and O–H groups in total. The van der Waals surface area contributed by atoms with Crippen molar-refractivity contribution in [3.8, 4) is 5.75 Å². The van der Waals surface area contributed by atoms with Crippen molar-refractivity contribution in [3.63, 3.8) is 0 Å². The Morgan fingerprint density at radius 3 is 2.12 bits per heavy atom. The van der Waals surface area contributed by atoms with Crippen molar-refractivity contribution in [1.82, 2.24) is 3.97 Å². The zero-order valence-corrected chi connectivity index (χ0v) is 24.3. The Bertz CT molecular complexity index is 1440. The van der Waals surface area contributed by atoms with Crippen LogP contribution in [0.4, 0.5) is 0 Å². The summed E-state index contributed by atoms with van der Waals surface area (Å²) in [4.78, 5) is 0.237. The number of methoxy groups -OCH3 is 1. The lowest BCUT2D eigenvalue weighted by Gasteiger charge is -2.08. The lowest BCUT2D eigenvalue weighted by molar-refractivity contribution is 0.116. The molecule has 5 nitrogen and oxygen atoms in total. The predicted molar refractivity (Wildman–Crippen MR) is 164 cm³/mol.